The van der Waals surface area contributed by atoms with Crippen LogP contribution in [0.25, 0.3) is 0 Å². The van der Waals surface area contributed by atoms with E-state index in [0.717, 1.165) is 58.7 Å². The first-order chi connectivity index (χ1) is 11.0. The van der Waals surface area contributed by atoms with E-state index in [1.807, 2.05) is 4.90 Å². The third-order valence-electron chi connectivity index (χ3n) is 4.95. The molecule has 0 aromatic carbocycles. The Morgan fingerprint density at radius 3 is 2.74 bits per heavy atom. The molecular weight excluding hydrogens is 292 g/mol. The third kappa shape index (κ3) is 5.94. The molecule has 0 spiro atoms. The number of amides is 2. The molecule has 2 heterocycles. The van der Waals surface area contributed by atoms with Crippen molar-refractivity contribution in [2.45, 2.75) is 38.8 Å². The summed E-state index contributed by atoms with van der Waals surface area (Å²) < 4.78 is 5.88. The van der Waals surface area contributed by atoms with Crippen LogP contribution in [0.2, 0.25) is 0 Å². The third-order valence-corrected chi connectivity index (χ3v) is 4.95. The second-order valence-corrected chi connectivity index (χ2v) is 7.49. The first-order valence-corrected chi connectivity index (χ1v) is 8.99. The normalized spacial score (nSPS) is 26.9. The van der Waals surface area contributed by atoms with Crippen LogP contribution in [0.15, 0.2) is 0 Å². The first-order valence-electron chi connectivity index (χ1n) is 8.99. The molecule has 0 bridgehead atoms. The van der Waals surface area contributed by atoms with E-state index in [2.05, 4.69) is 43.1 Å². The van der Waals surface area contributed by atoms with Gasteiger partial charge in [0.1, 0.15) is 0 Å². The maximum atomic E-state index is 12.3. The summed E-state index contributed by atoms with van der Waals surface area (Å²) >= 11 is 0. The van der Waals surface area contributed by atoms with Gasteiger partial charge in [-0.3, -0.25) is 4.90 Å². The zero-order valence-electron chi connectivity index (χ0n) is 15.3. The molecule has 2 fully saturated rings. The van der Waals surface area contributed by atoms with Gasteiger partial charge in [0, 0.05) is 51.9 Å². The number of likely N-dealkylation sites (N-methyl/N-ethyl adjacent to an activating group) is 2. The van der Waals surface area contributed by atoms with Crippen LogP contribution in [0.1, 0.15) is 26.7 Å². The van der Waals surface area contributed by atoms with Crippen molar-refractivity contribution < 1.29 is 9.53 Å². The van der Waals surface area contributed by atoms with Crippen LogP contribution in [0, 0.1) is 5.92 Å². The number of hydrogen-bond donors (Lipinski definition) is 1. The number of nitrogens with zero attached hydrogens (tertiary/aromatic N) is 3. The van der Waals surface area contributed by atoms with Gasteiger partial charge in [-0.1, -0.05) is 13.8 Å². The van der Waals surface area contributed by atoms with Gasteiger partial charge >= 0.3 is 6.03 Å². The lowest BCUT2D eigenvalue weighted by Crippen LogP contribution is -2.55. The zero-order chi connectivity index (χ0) is 16.8. The first kappa shape index (κ1) is 18.5. The fourth-order valence-corrected chi connectivity index (χ4v) is 3.16. The number of piperazine rings is 1. The number of urea groups is 1. The molecule has 2 aliphatic heterocycles. The molecule has 0 aliphatic carbocycles. The molecule has 6 heteroatoms. The highest BCUT2D eigenvalue weighted by atomic mass is 16.5. The minimum atomic E-state index is 0.0570. The number of likely N-dealkylation sites (tertiary alicyclic amines) is 1. The smallest absolute Gasteiger partial charge is 0.317 e. The van der Waals surface area contributed by atoms with Crippen LogP contribution in [0.3, 0.4) is 0 Å². The molecular formula is C17H34N4O2. The number of rotatable bonds is 6. The van der Waals surface area contributed by atoms with Crippen LogP contribution in [0.5, 0.6) is 0 Å². The topological polar surface area (TPSA) is 48.1 Å². The van der Waals surface area contributed by atoms with E-state index in [1.165, 1.54) is 0 Å². The molecule has 0 aromatic heterocycles. The van der Waals surface area contributed by atoms with E-state index in [1.54, 1.807) is 0 Å². The highest BCUT2D eigenvalue weighted by Gasteiger charge is 2.28. The average Bonchev–Trinajstić information content (AvgIpc) is 2.96. The highest BCUT2D eigenvalue weighted by Crippen LogP contribution is 2.14. The van der Waals surface area contributed by atoms with E-state index in [0.29, 0.717) is 12.0 Å². The van der Waals surface area contributed by atoms with Crippen LogP contribution in [0.4, 0.5) is 4.79 Å². The Kier molecular flexibility index (Phi) is 7.11. The van der Waals surface area contributed by atoms with Gasteiger partial charge in [-0.15, -0.1) is 0 Å². The van der Waals surface area contributed by atoms with Gasteiger partial charge in [0.05, 0.1) is 6.10 Å². The Labute approximate surface area is 141 Å². The Bertz CT molecular complexity index is 378. The molecule has 2 saturated heterocycles. The van der Waals surface area contributed by atoms with E-state index in [9.17, 15) is 4.79 Å². The minimum Gasteiger partial charge on any atom is -0.376 e. The van der Waals surface area contributed by atoms with Gasteiger partial charge in [-0.05, 0) is 32.9 Å². The lowest BCUT2D eigenvalue weighted by molar-refractivity contribution is 0.0541. The molecule has 0 aromatic rings. The van der Waals surface area contributed by atoms with Gasteiger partial charge in [0.15, 0.2) is 0 Å². The number of nitrogens with one attached hydrogen (secondary N) is 1. The lowest BCUT2D eigenvalue weighted by Gasteiger charge is -2.37. The van der Waals surface area contributed by atoms with Crippen molar-refractivity contribution in [1.29, 1.82) is 0 Å². The van der Waals surface area contributed by atoms with Gasteiger partial charge in [0.2, 0.25) is 0 Å². The molecule has 0 saturated carbocycles. The van der Waals surface area contributed by atoms with Gasteiger partial charge in [0.25, 0.3) is 0 Å². The second-order valence-electron chi connectivity index (χ2n) is 7.49. The van der Waals surface area contributed by atoms with Crippen molar-refractivity contribution in [3.05, 3.63) is 0 Å². The fourth-order valence-electron chi connectivity index (χ4n) is 3.16. The molecule has 2 amide bonds. The molecule has 23 heavy (non-hydrogen) atoms. The molecule has 2 rings (SSSR count). The summed E-state index contributed by atoms with van der Waals surface area (Å²) in [7, 11) is 4.28. The van der Waals surface area contributed by atoms with Gasteiger partial charge in [-0.25, -0.2) is 4.79 Å². The monoisotopic (exact) mass is 326 g/mol. The quantitative estimate of drug-likeness (QED) is 0.793. The van der Waals surface area contributed by atoms with Gasteiger partial charge in [-0.2, -0.15) is 0 Å². The van der Waals surface area contributed by atoms with E-state index in [-0.39, 0.29) is 12.1 Å². The molecule has 0 unspecified atom stereocenters. The molecule has 0 radical (unpaired) electrons. The van der Waals surface area contributed by atoms with E-state index >= 15 is 0 Å². The summed E-state index contributed by atoms with van der Waals surface area (Å²) in [4.78, 5) is 18.9. The van der Waals surface area contributed by atoms with Crippen LogP contribution < -0.4 is 5.32 Å². The van der Waals surface area contributed by atoms with Crippen LogP contribution in [-0.4, -0.2) is 92.8 Å². The van der Waals surface area contributed by atoms with Crippen molar-refractivity contribution in [3.63, 3.8) is 0 Å². The summed E-state index contributed by atoms with van der Waals surface area (Å²) in [6, 6.07) is 0.458. The summed E-state index contributed by atoms with van der Waals surface area (Å²) in [5, 5.41) is 3.10. The number of carbonyl (C=O) groups excluding carboxylic acids is 1. The van der Waals surface area contributed by atoms with Crippen molar-refractivity contribution >= 4 is 6.03 Å². The van der Waals surface area contributed by atoms with Crippen LogP contribution in [-0.2, 0) is 4.74 Å². The Balaban J connectivity index is 1.66. The maximum absolute atomic E-state index is 12.3. The SMILES string of the molecule is CC(C)CCO[C@H]1CCN(C(=O)NC[C@@H]2CN(C)CCN2C)C1. The number of ether oxygens (including phenoxy) is 1. The van der Waals surface area contributed by atoms with Crippen molar-refractivity contribution in [2.24, 2.45) is 5.92 Å². The largest absolute Gasteiger partial charge is 0.376 e. The molecule has 2 atom stereocenters. The molecule has 134 valence electrons. The number of carbonyl (C=O) groups is 1. The lowest BCUT2D eigenvalue weighted by atomic mass is 10.1. The van der Waals surface area contributed by atoms with E-state index < -0.39 is 0 Å². The summed E-state index contributed by atoms with van der Waals surface area (Å²) in [5.41, 5.74) is 0. The van der Waals surface area contributed by atoms with Crippen molar-refractivity contribution in [1.82, 2.24) is 20.0 Å². The van der Waals surface area contributed by atoms with Crippen molar-refractivity contribution in [3.8, 4) is 0 Å². The van der Waals surface area contributed by atoms with Crippen molar-refractivity contribution in [2.75, 3.05) is 60.0 Å². The fraction of sp³-hybridized carbons (Fsp3) is 0.941. The molecule has 1 N–H and O–H groups in total. The summed E-state index contributed by atoms with van der Waals surface area (Å²) in [6.45, 7) is 10.6. The molecule has 6 nitrogen and oxygen atoms in total. The predicted octanol–water partition coefficient (Wildman–Crippen LogP) is 1.08. The maximum Gasteiger partial charge on any atom is 0.317 e. The van der Waals surface area contributed by atoms with Gasteiger partial charge < -0.3 is 19.9 Å². The Morgan fingerprint density at radius 1 is 1.22 bits per heavy atom. The predicted molar refractivity (Wildman–Crippen MR) is 92.7 cm³/mol. The van der Waals surface area contributed by atoms with Crippen LogP contribution >= 0.6 is 0 Å². The standard InChI is InChI=1S/C17H34N4O2/c1-14(2)6-10-23-16-5-7-21(13-16)17(22)18-11-15-12-19(3)8-9-20(15)4/h14-16H,5-13H2,1-4H3,(H,18,22)/t15-,16+/m1/s1. The zero-order valence-corrected chi connectivity index (χ0v) is 15.3. The summed E-state index contributed by atoms with van der Waals surface area (Å²) in [6.07, 6.45) is 2.25. The highest BCUT2D eigenvalue weighted by molar-refractivity contribution is 5.74. The van der Waals surface area contributed by atoms with E-state index in [4.69, 9.17) is 4.74 Å². The summed E-state index contributed by atoms with van der Waals surface area (Å²) in [5.74, 6) is 0.668. The number of hydrogen-bond acceptors (Lipinski definition) is 4. The average molecular weight is 326 g/mol. The Hall–Kier alpha value is -0.850. The Morgan fingerprint density at radius 2 is 2.00 bits per heavy atom. The minimum absolute atomic E-state index is 0.0570. The molecule has 2 aliphatic rings. The second kappa shape index (κ2) is 8.85.